The fraction of sp³-hybridized carbons (Fsp3) is 0.818. The summed E-state index contributed by atoms with van der Waals surface area (Å²) < 4.78 is 5.51. The van der Waals surface area contributed by atoms with Crippen LogP contribution in [-0.4, -0.2) is 47.7 Å². The molecule has 90 valence electrons. The minimum atomic E-state index is -0.816. The minimum Gasteiger partial charge on any atom is -0.481 e. The molecule has 1 N–H and O–H groups in total. The van der Waals surface area contributed by atoms with Gasteiger partial charge in [0.15, 0.2) is 0 Å². The Bertz CT molecular complexity index is 317. The van der Waals surface area contributed by atoms with Crippen LogP contribution in [0.3, 0.4) is 0 Å². The van der Waals surface area contributed by atoms with Crippen LogP contribution in [0.15, 0.2) is 0 Å². The molecule has 2 saturated heterocycles. The van der Waals surface area contributed by atoms with Crippen molar-refractivity contribution in [3.05, 3.63) is 0 Å². The van der Waals surface area contributed by atoms with E-state index in [1.807, 2.05) is 4.90 Å². The van der Waals surface area contributed by atoms with Gasteiger partial charge in [0.1, 0.15) is 0 Å². The molecule has 2 fully saturated rings. The molecule has 0 bridgehead atoms. The summed E-state index contributed by atoms with van der Waals surface area (Å²) in [6, 6.07) is 0. The molecule has 0 radical (unpaired) electrons. The maximum Gasteiger partial charge on any atom is 0.305 e. The number of aliphatic carboxylic acids is 1. The molecule has 16 heavy (non-hydrogen) atoms. The van der Waals surface area contributed by atoms with Crippen molar-refractivity contribution in [2.75, 3.05) is 19.7 Å². The summed E-state index contributed by atoms with van der Waals surface area (Å²) in [7, 11) is 0. The maximum atomic E-state index is 11.2. The smallest absolute Gasteiger partial charge is 0.305 e. The van der Waals surface area contributed by atoms with Gasteiger partial charge in [-0.25, -0.2) is 0 Å². The third kappa shape index (κ3) is 2.19. The molecule has 0 saturated carbocycles. The van der Waals surface area contributed by atoms with E-state index in [0.717, 1.165) is 25.9 Å². The van der Waals surface area contributed by atoms with Crippen molar-refractivity contribution in [3.63, 3.8) is 0 Å². The number of rotatable bonds is 2. The molecular formula is C11H17NO4. The molecule has 0 aromatic rings. The average Bonchev–Trinajstić information content (AvgIpc) is 2.74. The highest BCUT2D eigenvalue weighted by molar-refractivity contribution is 5.73. The van der Waals surface area contributed by atoms with Crippen molar-refractivity contribution >= 4 is 11.9 Å². The maximum absolute atomic E-state index is 11.2. The summed E-state index contributed by atoms with van der Waals surface area (Å²) in [6.45, 7) is 3.66. The third-order valence-corrected chi connectivity index (χ3v) is 3.57. The predicted molar refractivity (Wildman–Crippen MR) is 55.9 cm³/mol. The lowest BCUT2D eigenvalue weighted by atomic mass is 9.84. The monoisotopic (exact) mass is 227 g/mol. The van der Waals surface area contributed by atoms with Crippen LogP contribution in [0.1, 0.15) is 26.2 Å². The first-order valence-corrected chi connectivity index (χ1v) is 5.60. The van der Waals surface area contributed by atoms with Crippen molar-refractivity contribution in [3.8, 4) is 0 Å². The first kappa shape index (κ1) is 11.4. The second kappa shape index (κ2) is 4.05. The SMILES string of the molecule is CC(=O)N1CC[C@@]2(CO[C@@H](CC(=O)O)C2)C1. The van der Waals surface area contributed by atoms with Gasteiger partial charge < -0.3 is 14.7 Å². The molecule has 2 aliphatic rings. The van der Waals surface area contributed by atoms with Crippen LogP contribution in [-0.2, 0) is 14.3 Å². The van der Waals surface area contributed by atoms with Gasteiger partial charge in [-0.15, -0.1) is 0 Å². The summed E-state index contributed by atoms with van der Waals surface area (Å²) in [5.74, 6) is -0.720. The number of likely N-dealkylation sites (tertiary alicyclic amines) is 1. The lowest BCUT2D eigenvalue weighted by Crippen LogP contribution is -2.30. The second-order valence-corrected chi connectivity index (χ2v) is 4.93. The number of carboxylic acid groups (broad SMARTS) is 1. The highest BCUT2D eigenvalue weighted by atomic mass is 16.5. The number of ether oxygens (including phenoxy) is 1. The Morgan fingerprint density at radius 2 is 2.31 bits per heavy atom. The van der Waals surface area contributed by atoms with Crippen LogP contribution >= 0.6 is 0 Å². The van der Waals surface area contributed by atoms with E-state index in [2.05, 4.69) is 0 Å². The van der Waals surface area contributed by atoms with Gasteiger partial charge in [-0.3, -0.25) is 9.59 Å². The molecule has 2 rings (SSSR count). The molecule has 5 heteroatoms. The van der Waals surface area contributed by atoms with Gasteiger partial charge in [-0.1, -0.05) is 0 Å². The van der Waals surface area contributed by atoms with E-state index in [1.165, 1.54) is 0 Å². The van der Waals surface area contributed by atoms with E-state index in [9.17, 15) is 9.59 Å². The van der Waals surface area contributed by atoms with E-state index in [0.29, 0.717) is 6.61 Å². The first-order valence-electron chi connectivity index (χ1n) is 5.60. The zero-order chi connectivity index (χ0) is 11.8. The van der Waals surface area contributed by atoms with E-state index in [4.69, 9.17) is 9.84 Å². The van der Waals surface area contributed by atoms with Crippen LogP contribution in [0.5, 0.6) is 0 Å². The molecule has 0 aromatic carbocycles. The minimum absolute atomic E-state index is 0.0196. The Hall–Kier alpha value is -1.10. The largest absolute Gasteiger partial charge is 0.481 e. The Balaban J connectivity index is 1.93. The molecule has 0 aliphatic carbocycles. The van der Waals surface area contributed by atoms with Gasteiger partial charge in [-0.05, 0) is 12.8 Å². The Morgan fingerprint density at radius 1 is 1.56 bits per heavy atom. The van der Waals surface area contributed by atoms with Gasteiger partial charge >= 0.3 is 5.97 Å². The van der Waals surface area contributed by atoms with Crippen LogP contribution < -0.4 is 0 Å². The summed E-state index contributed by atoms with van der Waals surface area (Å²) in [5.41, 5.74) is 0.0196. The van der Waals surface area contributed by atoms with Crippen molar-refractivity contribution in [2.24, 2.45) is 5.41 Å². The highest BCUT2D eigenvalue weighted by Crippen LogP contribution is 2.41. The number of carbonyl (C=O) groups is 2. The number of nitrogens with zero attached hydrogens (tertiary/aromatic N) is 1. The van der Waals surface area contributed by atoms with E-state index in [-0.39, 0.29) is 23.8 Å². The van der Waals surface area contributed by atoms with Crippen LogP contribution in [0, 0.1) is 5.41 Å². The Labute approximate surface area is 94.4 Å². The summed E-state index contributed by atoms with van der Waals surface area (Å²) in [6.07, 6.45) is 1.59. The van der Waals surface area contributed by atoms with Gasteiger partial charge in [0.25, 0.3) is 0 Å². The van der Waals surface area contributed by atoms with Gasteiger partial charge in [-0.2, -0.15) is 0 Å². The summed E-state index contributed by atoms with van der Waals surface area (Å²) in [4.78, 5) is 23.6. The van der Waals surface area contributed by atoms with E-state index >= 15 is 0 Å². The second-order valence-electron chi connectivity index (χ2n) is 4.93. The highest BCUT2D eigenvalue weighted by Gasteiger charge is 2.46. The average molecular weight is 227 g/mol. The quantitative estimate of drug-likeness (QED) is 0.745. The normalized spacial score (nSPS) is 33.6. The number of carboxylic acids is 1. The number of hydrogen-bond acceptors (Lipinski definition) is 3. The van der Waals surface area contributed by atoms with Crippen LogP contribution in [0.4, 0.5) is 0 Å². The van der Waals surface area contributed by atoms with Gasteiger partial charge in [0.2, 0.25) is 5.91 Å². The Kier molecular flexibility index (Phi) is 2.88. The molecule has 2 aliphatic heterocycles. The number of carbonyl (C=O) groups excluding carboxylic acids is 1. The molecule has 5 nitrogen and oxygen atoms in total. The van der Waals surface area contributed by atoms with Crippen molar-refractivity contribution < 1.29 is 19.4 Å². The molecule has 0 aromatic heterocycles. The predicted octanol–water partition coefficient (Wildman–Crippen LogP) is 0.489. The first-order chi connectivity index (χ1) is 7.51. The molecule has 1 spiro atoms. The zero-order valence-electron chi connectivity index (χ0n) is 9.44. The van der Waals surface area contributed by atoms with Crippen LogP contribution in [0.25, 0.3) is 0 Å². The Morgan fingerprint density at radius 3 is 2.88 bits per heavy atom. The molecule has 2 atom stereocenters. The topological polar surface area (TPSA) is 66.8 Å². The fourth-order valence-electron chi connectivity index (χ4n) is 2.71. The van der Waals surface area contributed by atoms with Gasteiger partial charge in [0, 0.05) is 25.4 Å². The van der Waals surface area contributed by atoms with Crippen LogP contribution in [0.2, 0.25) is 0 Å². The van der Waals surface area contributed by atoms with Crippen molar-refractivity contribution in [2.45, 2.75) is 32.3 Å². The van der Waals surface area contributed by atoms with E-state index in [1.54, 1.807) is 6.92 Å². The van der Waals surface area contributed by atoms with Gasteiger partial charge in [0.05, 0.1) is 19.1 Å². The molecular weight excluding hydrogens is 210 g/mol. The number of amides is 1. The summed E-state index contributed by atoms with van der Waals surface area (Å²) >= 11 is 0. The third-order valence-electron chi connectivity index (χ3n) is 3.57. The molecule has 2 heterocycles. The lowest BCUT2D eigenvalue weighted by Gasteiger charge is -2.21. The number of hydrogen-bond donors (Lipinski definition) is 1. The molecule has 0 unspecified atom stereocenters. The molecule has 1 amide bonds. The fourth-order valence-corrected chi connectivity index (χ4v) is 2.71. The lowest BCUT2D eigenvalue weighted by molar-refractivity contribution is -0.139. The van der Waals surface area contributed by atoms with Crippen molar-refractivity contribution in [1.29, 1.82) is 0 Å². The summed E-state index contributed by atoms with van der Waals surface area (Å²) in [5, 5.41) is 8.70. The van der Waals surface area contributed by atoms with E-state index < -0.39 is 5.97 Å². The standard InChI is InChI=1S/C11H17NO4/c1-8(13)12-3-2-11(6-12)5-9(16-7-11)4-10(14)15/h9H,2-7H2,1H3,(H,14,15)/t9-,11-/m0/s1. The zero-order valence-corrected chi connectivity index (χ0v) is 9.44. The van der Waals surface area contributed by atoms with Crippen molar-refractivity contribution in [1.82, 2.24) is 4.90 Å².